The van der Waals surface area contributed by atoms with Crippen molar-refractivity contribution in [2.75, 3.05) is 31.2 Å². The SMILES string of the molecule is O=C(NNC(=O)c1ccc(-c2cc(Cl)cc(Cl)c2)s1)c1csc(N2CCOCC2)n1. The summed E-state index contributed by atoms with van der Waals surface area (Å²) < 4.78 is 5.32. The number of carbonyl (C=O) groups is 2. The van der Waals surface area contributed by atoms with Crippen molar-refractivity contribution in [2.24, 2.45) is 0 Å². The molecular weight excluding hydrogens is 467 g/mol. The van der Waals surface area contributed by atoms with E-state index < -0.39 is 11.8 Å². The summed E-state index contributed by atoms with van der Waals surface area (Å²) in [5.41, 5.74) is 5.90. The summed E-state index contributed by atoms with van der Waals surface area (Å²) in [4.78, 5) is 32.4. The quantitative estimate of drug-likeness (QED) is 0.547. The predicted molar refractivity (Wildman–Crippen MR) is 120 cm³/mol. The number of thiophene rings is 1. The number of nitrogens with zero attached hydrogens (tertiary/aromatic N) is 2. The first-order chi connectivity index (χ1) is 14.5. The van der Waals surface area contributed by atoms with Crippen molar-refractivity contribution in [3.8, 4) is 10.4 Å². The number of carbonyl (C=O) groups excluding carboxylic acids is 2. The Morgan fingerprint density at radius 2 is 1.73 bits per heavy atom. The smallest absolute Gasteiger partial charge is 0.289 e. The molecule has 0 saturated carbocycles. The molecule has 30 heavy (non-hydrogen) atoms. The van der Waals surface area contributed by atoms with Crippen LogP contribution in [0.3, 0.4) is 0 Å². The highest BCUT2D eigenvalue weighted by atomic mass is 35.5. The molecule has 0 atom stereocenters. The molecule has 156 valence electrons. The Balaban J connectivity index is 1.36. The van der Waals surface area contributed by atoms with Gasteiger partial charge in [0, 0.05) is 33.4 Å². The van der Waals surface area contributed by atoms with E-state index in [9.17, 15) is 9.59 Å². The zero-order chi connectivity index (χ0) is 21.1. The van der Waals surface area contributed by atoms with Gasteiger partial charge in [-0.2, -0.15) is 0 Å². The first-order valence-electron chi connectivity index (χ1n) is 8.95. The number of amides is 2. The van der Waals surface area contributed by atoms with Crippen molar-refractivity contribution in [3.63, 3.8) is 0 Å². The lowest BCUT2D eigenvalue weighted by Gasteiger charge is -2.25. The van der Waals surface area contributed by atoms with Gasteiger partial charge in [0.05, 0.1) is 18.1 Å². The number of hydrogen-bond donors (Lipinski definition) is 2. The van der Waals surface area contributed by atoms with Crippen molar-refractivity contribution in [2.45, 2.75) is 0 Å². The molecule has 3 aromatic rings. The van der Waals surface area contributed by atoms with E-state index in [0.29, 0.717) is 28.1 Å². The van der Waals surface area contributed by atoms with Crippen molar-refractivity contribution in [3.05, 3.63) is 56.3 Å². The minimum atomic E-state index is -0.475. The molecule has 1 aliphatic rings. The van der Waals surface area contributed by atoms with E-state index in [-0.39, 0.29) is 5.69 Å². The fourth-order valence-electron chi connectivity index (χ4n) is 2.82. The van der Waals surface area contributed by atoms with Crippen LogP contribution < -0.4 is 15.8 Å². The van der Waals surface area contributed by atoms with Crippen molar-refractivity contribution < 1.29 is 14.3 Å². The molecule has 2 amide bonds. The van der Waals surface area contributed by atoms with E-state index in [1.165, 1.54) is 22.7 Å². The molecule has 1 aliphatic heterocycles. The van der Waals surface area contributed by atoms with Gasteiger partial charge in [0.25, 0.3) is 11.8 Å². The highest BCUT2D eigenvalue weighted by Crippen LogP contribution is 2.32. The third-order valence-corrected chi connectivity index (χ3v) is 6.74. The maximum absolute atomic E-state index is 12.4. The lowest BCUT2D eigenvalue weighted by Crippen LogP contribution is -2.41. The average molecular weight is 483 g/mol. The van der Waals surface area contributed by atoms with Crippen LogP contribution in [0.2, 0.25) is 10.0 Å². The maximum Gasteiger partial charge on any atom is 0.289 e. The highest BCUT2D eigenvalue weighted by molar-refractivity contribution is 7.17. The molecule has 7 nitrogen and oxygen atoms in total. The van der Waals surface area contributed by atoms with Gasteiger partial charge in [-0.25, -0.2) is 4.98 Å². The summed E-state index contributed by atoms with van der Waals surface area (Å²) in [5, 5.41) is 3.46. The normalized spacial score (nSPS) is 13.9. The Morgan fingerprint density at radius 1 is 1.03 bits per heavy atom. The van der Waals surface area contributed by atoms with Gasteiger partial charge < -0.3 is 9.64 Å². The average Bonchev–Trinajstić information content (AvgIpc) is 3.42. The second kappa shape index (κ2) is 9.32. The Kier molecular flexibility index (Phi) is 6.55. The molecule has 11 heteroatoms. The molecular formula is C19H16Cl2N4O3S2. The molecule has 3 heterocycles. The van der Waals surface area contributed by atoms with Crippen LogP contribution in [0.5, 0.6) is 0 Å². The molecule has 4 rings (SSSR count). The molecule has 1 aromatic carbocycles. The van der Waals surface area contributed by atoms with Crippen LogP contribution in [0.15, 0.2) is 35.7 Å². The minimum absolute atomic E-state index is 0.252. The third kappa shape index (κ3) is 4.93. The zero-order valence-electron chi connectivity index (χ0n) is 15.5. The molecule has 1 fully saturated rings. The van der Waals surface area contributed by atoms with E-state index in [4.69, 9.17) is 27.9 Å². The number of aromatic nitrogens is 1. The Morgan fingerprint density at radius 3 is 2.47 bits per heavy atom. The minimum Gasteiger partial charge on any atom is -0.378 e. The first-order valence-corrected chi connectivity index (χ1v) is 11.4. The van der Waals surface area contributed by atoms with Crippen LogP contribution in [0, 0.1) is 0 Å². The largest absolute Gasteiger partial charge is 0.378 e. The molecule has 0 radical (unpaired) electrons. The fraction of sp³-hybridized carbons (Fsp3) is 0.211. The Hall–Kier alpha value is -2.17. The number of halogens is 2. The van der Waals surface area contributed by atoms with Gasteiger partial charge in [0.1, 0.15) is 5.69 Å². The van der Waals surface area contributed by atoms with Crippen LogP contribution in [0.4, 0.5) is 5.13 Å². The summed E-state index contributed by atoms with van der Waals surface area (Å²) in [7, 11) is 0. The van der Waals surface area contributed by atoms with E-state index in [1.54, 1.807) is 35.7 Å². The van der Waals surface area contributed by atoms with Crippen molar-refractivity contribution >= 4 is 62.8 Å². The Bertz CT molecular complexity index is 1060. The highest BCUT2D eigenvalue weighted by Gasteiger charge is 2.18. The number of rotatable bonds is 4. The van der Waals surface area contributed by atoms with Gasteiger partial charge in [0.15, 0.2) is 5.13 Å². The topological polar surface area (TPSA) is 83.6 Å². The number of hydrazine groups is 1. The molecule has 0 aliphatic carbocycles. The van der Waals surface area contributed by atoms with E-state index in [0.717, 1.165) is 28.7 Å². The third-order valence-electron chi connectivity index (χ3n) is 4.27. The maximum atomic E-state index is 12.4. The summed E-state index contributed by atoms with van der Waals surface area (Å²) in [6.07, 6.45) is 0. The number of hydrogen-bond acceptors (Lipinski definition) is 7. The number of thiazole rings is 1. The summed E-state index contributed by atoms with van der Waals surface area (Å²) in [6, 6.07) is 8.68. The van der Waals surface area contributed by atoms with E-state index in [2.05, 4.69) is 20.7 Å². The van der Waals surface area contributed by atoms with Gasteiger partial charge in [0.2, 0.25) is 0 Å². The lowest BCUT2D eigenvalue weighted by atomic mass is 10.2. The summed E-state index contributed by atoms with van der Waals surface area (Å²) in [6.45, 7) is 2.76. The van der Waals surface area contributed by atoms with Gasteiger partial charge >= 0.3 is 0 Å². The van der Waals surface area contributed by atoms with Gasteiger partial charge in [-0.3, -0.25) is 20.4 Å². The van der Waals surface area contributed by atoms with Gasteiger partial charge in [-0.1, -0.05) is 23.2 Å². The summed E-state index contributed by atoms with van der Waals surface area (Å²) in [5.74, 6) is -0.895. The number of nitrogens with one attached hydrogen (secondary N) is 2. The van der Waals surface area contributed by atoms with Gasteiger partial charge in [-0.05, 0) is 35.9 Å². The van der Waals surface area contributed by atoms with E-state index in [1.807, 2.05) is 0 Å². The standard InChI is InChI=1S/C19H16Cl2N4O3S2/c20-12-7-11(8-13(21)9-12)15-1-2-16(30-15)18(27)24-23-17(26)14-10-29-19(22-14)25-3-5-28-6-4-25/h1-2,7-10H,3-6H2,(H,23,26)(H,24,27). The van der Waals surface area contributed by atoms with Crippen molar-refractivity contribution in [1.82, 2.24) is 15.8 Å². The van der Waals surface area contributed by atoms with Crippen molar-refractivity contribution in [1.29, 1.82) is 0 Å². The molecule has 2 N–H and O–H groups in total. The summed E-state index contributed by atoms with van der Waals surface area (Å²) >= 11 is 14.7. The molecule has 0 spiro atoms. The van der Waals surface area contributed by atoms with Crippen LogP contribution in [-0.4, -0.2) is 43.1 Å². The number of anilines is 1. The Labute approximate surface area is 190 Å². The molecule has 1 saturated heterocycles. The molecule has 0 bridgehead atoms. The monoisotopic (exact) mass is 482 g/mol. The number of benzene rings is 1. The zero-order valence-corrected chi connectivity index (χ0v) is 18.6. The lowest BCUT2D eigenvalue weighted by molar-refractivity contribution is 0.0846. The fourth-order valence-corrected chi connectivity index (χ4v) is 5.09. The second-order valence-corrected chi connectivity index (χ2v) is 9.14. The number of ether oxygens (including phenoxy) is 1. The van der Waals surface area contributed by atoms with E-state index >= 15 is 0 Å². The van der Waals surface area contributed by atoms with Gasteiger partial charge in [-0.15, -0.1) is 22.7 Å². The van der Waals surface area contributed by atoms with Crippen LogP contribution >= 0.6 is 45.9 Å². The van der Waals surface area contributed by atoms with Crippen LogP contribution in [-0.2, 0) is 4.74 Å². The number of morpholine rings is 1. The van der Waals surface area contributed by atoms with Crippen LogP contribution in [0.25, 0.3) is 10.4 Å². The molecule has 0 unspecified atom stereocenters. The first kappa shape index (κ1) is 21.1. The van der Waals surface area contributed by atoms with Crippen LogP contribution in [0.1, 0.15) is 20.2 Å². The second-order valence-electron chi connectivity index (χ2n) is 6.35. The predicted octanol–water partition coefficient (Wildman–Crippen LogP) is 4.09. The molecule has 2 aromatic heterocycles.